The molecule has 1 aromatic carbocycles. The highest BCUT2D eigenvalue weighted by Gasteiger charge is 2.08. The number of phenolic OH excluding ortho intramolecular Hbond substituents is 1. The van der Waals surface area contributed by atoms with Gasteiger partial charge in [0.05, 0.1) is 7.11 Å². The predicted molar refractivity (Wildman–Crippen MR) is 53.8 cm³/mol. The van der Waals surface area contributed by atoms with Crippen molar-refractivity contribution < 1.29 is 14.6 Å². The molecule has 14 heavy (non-hydrogen) atoms. The van der Waals surface area contributed by atoms with Crippen molar-refractivity contribution in [1.82, 2.24) is 0 Å². The molecule has 0 heterocycles. The number of hydrogen-bond donors (Lipinski definition) is 1. The quantitative estimate of drug-likeness (QED) is 0.798. The van der Waals surface area contributed by atoms with Crippen molar-refractivity contribution in [2.45, 2.75) is 20.3 Å². The van der Waals surface area contributed by atoms with Crippen molar-refractivity contribution >= 4 is 5.78 Å². The number of ether oxygens (including phenoxy) is 1. The largest absolute Gasteiger partial charge is 0.504 e. The normalized spacial score (nSPS) is 9.93. The fourth-order valence-electron chi connectivity index (χ4n) is 1.34. The Bertz CT molecular complexity index is 356. The van der Waals surface area contributed by atoms with Crippen molar-refractivity contribution in [3.05, 3.63) is 23.3 Å². The Kier molecular flexibility index (Phi) is 3.12. The molecule has 0 atom stereocenters. The first-order valence-corrected chi connectivity index (χ1v) is 4.40. The molecule has 0 aliphatic rings. The van der Waals surface area contributed by atoms with Crippen LogP contribution in [0.4, 0.5) is 0 Å². The first-order valence-electron chi connectivity index (χ1n) is 4.40. The van der Waals surface area contributed by atoms with Crippen LogP contribution in [-0.4, -0.2) is 18.0 Å². The Labute approximate surface area is 83.3 Å². The van der Waals surface area contributed by atoms with E-state index in [0.717, 1.165) is 11.1 Å². The maximum Gasteiger partial charge on any atom is 0.160 e. The number of Topliss-reactive ketones (excluding diaryl/α,β-unsaturated/α-hetero) is 1. The summed E-state index contributed by atoms with van der Waals surface area (Å²) in [7, 11) is 1.49. The summed E-state index contributed by atoms with van der Waals surface area (Å²) in [5.41, 5.74) is 1.80. The van der Waals surface area contributed by atoms with Gasteiger partial charge in [0.1, 0.15) is 5.78 Å². The molecule has 1 rings (SSSR count). The topological polar surface area (TPSA) is 46.5 Å². The van der Waals surface area contributed by atoms with Crippen molar-refractivity contribution in [2.75, 3.05) is 7.11 Å². The first kappa shape index (κ1) is 10.6. The third kappa shape index (κ3) is 2.25. The van der Waals surface area contributed by atoms with Crippen molar-refractivity contribution in [2.24, 2.45) is 0 Å². The molecule has 1 N–H and O–H groups in total. The Morgan fingerprint density at radius 3 is 2.64 bits per heavy atom. The van der Waals surface area contributed by atoms with Gasteiger partial charge in [0.2, 0.25) is 0 Å². The SMILES string of the molecule is COc1cc(CC(C)=O)c(C)cc1O. The average Bonchev–Trinajstić information content (AvgIpc) is 2.09. The summed E-state index contributed by atoms with van der Waals surface area (Å²) in [6.45, 7) is 3.40. The maximum absolute atomic E-state index is 10.9. The second kappa shape index (κ2) is 4.13. The number of aryl methyl sites for hydroxylation is 1. The zero-order valence-electron chi connectivity index (χ0n) is 8.63. The summed E-state index contributed by atoms with van der Waals surface area (Å²) >= 11 is 0. The molecule has 0 radical (unpaired) electrons. The van der Waals surface area contributed by atoms with E-state index in [4.69, 9.17) is 4.74 Å². The van der Waals surface area contributed by atoms with Gasteiger partial charge in [-0.25, -0.2) is 0 Å². The molecule has 0 amide bonds. The molecule has 3 heteroatoms. The minimum absolute atomic E-state index is 0.0980. The van der Waals surface area contributed by atoms with Gasteiger partial charge in [0.15, 0.2) is 11.5 Å². The lowest BCUT2D eigenvalue weighted by molar-refractivity contribution is -0.116. The van der Waals surface area contributed by atoms with E-state index in [2.05, 4.69) is 0 Å². The number of ketones is 1. The lowest BCUT2D eigenvalue weighted by Crippen LogP contribution is -1.99. The number of methoxy groups -OCH3 is 1. The Morgan fingerprint density at radius 1 is 1.50 bits per heavy atom. The van der Waals surface area contributed by atoms with Gasteiger partial charge >= 0.3 is 0 Å². The second-order valence-electron chi connectivity index (χ2n) is 3.33. The van der Waals surface area contributed by atoms with Crippen LogP contribution in [0, 0.1) is 6.92 Å². The molecule has 0 fully saturated rings. The van der Waals surface area contributed by atoms with Crippen LogP contribution >= 0.6 is 0 Å². The summed E-state index contributed by atoms with van der Waals surface area (Å²) in [5.74, 6) is 0.616. The molecular formula is C11H14O3. The Hall–Kier alpha value is -1.51. The van der Waals surface area contributed by atoms with E-state index in [1.54, 1.807) is 19.1 Å². The standard InChI is InChI=1S/C11H14O3/c1-7-4-10(13)11(14-3)6-9(7)5-8(2)12/h4,6,13H,5H2,1-3H3. The van der Waals surface area contributed by atoms with Gasteiger partial charge in [0, 0.05) is 6.42 Å². The summed E-state index contributed by atoms with van der Waals surface area (Å²) < 4.78 is 4.96. The fraction of sp³-hybridized carbons (Fsp3) is 0.364. The number of aromatic hydroxyl groups is 1. The van der Waals surface area contributed by atoms with Crippen LogP contribution < -0.4 is 4.74 Å². The molecule has 0 spiro atoms. The lowest BCUT2D eigenvalue weighted by Gasteiger charge is -2.08. The van der Waals surface area contributed by atoms with Gasteiger partial charge in [-0.2, -0.15) is 0 Å². The first-order chi connectivity index (χ1) is 6.54. The van der Waals surface area contributed by atoms with Crippen molar-refractivity contribution in [3.63, 3.8) is 0 Å². The number of hydrogen-bond acceptors (Lipinski definition) is 3. The minimum Gasteiger partial charge on any atom is -0.504 e. The molecule has 0 aromatic heterocycles. The van der Waals surface area contributed by atoms with Gasteiger partial charge in [-0.3, -0.25) is 4.79 Å². The summed E-state index contributed by atoms with van der Waals surface area (Å²) in [4.78, 5) is 10.9. The number of rotatable bonds is 3. The van der Waals surface area contributed by atoms with Crippen LogP contribution in [0.15, 0.2) is 12.1 Å². The van der Waals surface area contributed by atoms with Crippen LogP contribution in [0.1, 0.15) is 18.1 Å². The number of benzene rings is 1. The Morgan fingerprint density at radius 2 is 2.14 bits per heavy atom. The van der Waals surface area contributed by atoms with E-state index in [1.807, 2.05) is 6.92 Å². The van der Waals surface area contributed by atoms with Crippen LogP contribution in [0.25, 0.3) is 0 Å². The van der Waals surface area contributed by atoms with E-state index in [-0.39, 0.29) is 11.5 Å². The molecule has 0 saturated carbocycles. The molecule has 0 unspecified atom stereocenters. The van der Waals surface area contributed by atoms with Gasteiger partial charge in [0.25, 0.3) is 0 Å². The third-order valence-corrected chi connectivity index (χ3v) is 2.08. The molecular weight excluding hydrogens is 180 g/mol. The molecule has 0 saturated heterocycles. The molecule has 1 aromatic rings. The molecule has 0 aliphatic heterocycles. The van der Waals surface area contributed by atoms with E-state index in [9.17, 15) is 9.90 Å². The smallest absolute Gasteiger partial charge is 0.160 e. The van der Waals surface area contributed by atoms with Gasteiger partial charge in [-0.1, -0.05) is 0 Å². The summed E-state index contributed by atoms with van der Waals surface area (Å²) in [6.07, 6.45) is 0.377. The van der Waals surface area contributed by atoms with Crippen molar-refractivity contribution in [3.8, 4) is 11.5 Å². The molecule has 0 aliphatic carbocycles. The van der Waals surface area contributed by atoms with Crippen LogP contribution in [-0.2, 0) is 11.2 Å². The highest BCUT2D eigenvalue weighted by atomic mass is 16.5. The predicted octanol–water partition coefficient (Wildman–Crippen LogP) is 1.84. The number of carbonyl (C=O) groups is 1. The molecule has 76 valence electrons. The number of phenols is 1. The average molecular weight is 194 g/mol. The molecule has 3 nitrogen and oxygen atoms in total. The monoisotopic (exact) mass is 194 g/mol. The highest BCUT2D eigenvalue weighted by molar-refractivity contribution is 5.78. The second-order valence-corrected chi connectivity index (χ2v) is 3.33. The van der Waals surface area contributed by atoms with Gasteiger partial charge in [-0.15, -0.1) is 0 Å². The lowest BCUT2D eigenvalue weighted by atomic mass is 10.0. The summed E-state index contributed by atoms with van der Waals surface area (Å²) in [5, 5.41) is 9.44. The maximum atomic E-state index is 10.9. The van der Waals surface area contributed by atoms with Gasteiger partial charge < -0.3 is 9.84 Å². The molecule has 0 bridgehead atoms. The van der Waals surface area contributed by atoms with E-state index in [1.165, 1.54) is 7.11 Å². The van der Waals surface area contributed by atoms with Crippen LogP contribution in [0.2, 0.25) is 0 Å². The van der Waals surface area contributed by atoms with E-state index >= 15 is 0 Å². The third-order valence-electron chi connectivity index (χ3n) is 2.08. The zero-order chi connectivity index (χ0) is 10.7. The van der Waals surface area contributed by atoms with Crippen LogP contribution in [0.3, 0.4) is 0 Å². The minimum atomic E-state index is 0.0980. The Balaban J connectivity index is 3.10. The van der Waals surface area contributed by atoms with E-state index < -0.39 is 0 Å². The fourth-order valence-corrected chi connectivity index (χ4v) is 1.34. The van der Waals surface area contributed by atoms with E-state index in [0.29, 0.717) is 12.2 Å². The zero-order valence-corrected chi connectivity index (χ0v) is 8.63. The number of carbonyl (C=O) groups excluding carboxylic acids is 1. The van der Waals surface area contributed by atoms with Crippen molar-refractivity contribution in [1.29, 1.82) is 0 Å². The van der Waals surface area contributed by atoms with Gasteiger partial charge in [-0.05, 0) is 37.1 Å². The summed E-state index contributed by atoms with van der Waals surface area (Å²) in [6, 6.07) is 3.31. The van der Waals surface area contributed by atoms with Crippen LogP contribution in [0.5, 0.6) is 11.5 Å². The highest BCUT2D eigenvalue weighted by Crippen LogP contribution is 2.29.